The van der Waals surface area contributed by atoms with E-state index in [-0.39, 0.29) is 45.1 Å². The minimum Gasteiger partial charge on any atom is -0.467 e. The van der Waals surface area contributed by atoms with Crippen LogP contribution in [-0.4, -0.2) is 30.1 Å². The predicted octanol–water partition coefficient (Wildman–Crippen LogP) is 4.31. The smallest absolute Gasteiger partial charge is 0.267 e. The van der Waals surface area contributed by atoms with Gasteiger partial charge in [0.15, 0.2) is 4.34 Å². The summed E-state index contributed by atoms with van der Waals surface area (Å²) in [5.41, 5.74) is 0.634. The quantitative estimate of drug-likeness (QED) is 0.169. The maximum Gasteiger partial charge on any atom is 0.267 e. The summed E-state index contributed by atoms with van der Waals surface area (Å²) in [6, 6.07) is 16.5. The van der Waals surface area contributed by atoms with Gasteiger partial charge in [-0.25, -0.2) is 9.37 Å². The SMILES string of the molecule is N=c1c(C(=O)Nc2nnc(SCc3ccccc3F)s2)cc2c(=O)n3ccccc3nc2n1Cc1ccco1. The van der Waals surface area contributed by atoms with E-state index in [1.165, 1.54) is 39.1 Å². The zero-order chi connectivity index (χ0) is 26.9. The molecule has 6 aromatic rings. The molecule has 2 N–H and O–H groups in total. The van der Waals surface area contributed by atoms with Crippen LogP contribution in [0.15, 0.2) is 86.7 Å². The van der Waals surface area contributed by atoms with Crippen molar-refractivity contribution < 1.29 is 13.6 Å². The summed E-state index contributed by atoms with van der Waals surface area (Å²) in [6.45, 7) is 0.0918. The molecular weight excluding hydrogens is 541 g/mol. The fourth-order valence-corrected chi connectivity index (χ4v) is 5.74. The lowest BCUT2D eigenvalue weighted by Crippen LogP contribution is -2.32. The fraction of sp³-hybridized carbons (Fsp3) is 0.0769. The summed E-state index contributed by atoms with van der Waals surface area (Å²) in [6.07, 6.45) is 3.10. The van der Waals surface area contributed by atoms with Crippen LogP contribution in [0.1, 0.15) is 21.7 Å². The van der Waals surface area contributed by atoms with Crippen molar-refractivity contribution in [3.8, 4) is 0 Å². The summed E-state index contributed by atoms with van der Waals surface area (Å²) in [4.78, 5) is 31.3. The molecule has 0 bridgehead atoms. The van der Waals surface area contributed by atoms with Gasteiger partial charge in [-0.1, -0.05) is 47.4 Å². The van der Waals surface area contributed by atoms with E-state index in [4.69, 9.17) is 9.83 Å². The molecule has 0 saturated carbocycles. The maximum atomic E-state index is 13.9. The number of carbonyl (C=O) groups is 1. The molecule has 5 heterocycles. The van der Waals surface area contributed by atoms with Gasteiger partial charge in [0, 0.05) is 11.9 Å². The van der Waals surface area contributed by atoms with E-state index in [0.29, 0.717) is 27.1 Å². The van der Waals surface area contributed by atoms with Crippen molar-refractivity contribution in [2.45, 2.75) is 16.6 Å². The maximum absolute atomic E-state index is 13.9. The Bertz CT molecular complexity index is 1960. The zero-order valence-corrected chi connectivity index (χ0v) is 21.6. The van der Waals surface area contributed by atoms with Crippen molar-refractivity contribution >= 4 is 50.8 Å². The normalized spacial score (nSPS) is 11.3. The molecule has 194 valence electrons. The van der Waals surface area contributed by atoms with Crippen LogP contribution in [0.2, 0.25) is 0 Å². The molecule has 5 aromatic heterocycles. The van der Waals surface area contributed by atoms with Gasteiger partial charge in [-0.3, -0.25) is 24.7 Å². The van der Waals surface area contributed by atoms with Crippen LogP contribution in [0.25, 0.3) is 16.7 Å². The Hall–Kier alpha value is -4.62. The molecule has 13 heteroatoms. The highest BCUT2D eigenvalue weighted by atomic mass is 32.2. The number of anilines is 1. The Labute approximate surface area is 227 Å². The number of pyridine rings is 2. The minimum atomic E-state index is -0.630. The van der Waals surface area contributed by atoms with E-state index < -0.39 is 5.91 Å². The van der Waals surface area contributed by atoms with Gasteiger partial charge in [0.25, 0.3) is 11.5 Å². The number of nitrogens with one attached hydrogen (secondary N) is 2. The van der Waals surface area contributed by atoms with E-state index in [2.05, 4.69) is 20.5 Å². The lowest BCUT2D eigenvalue weighted by atomic mass is 10.2. The number of nitrogens with zero attached hydrogens (tertiary/aromatic N) is 5. The summed E-state index contributed by atoms with van der Waals surface area (Å²) < 4.78 is 22.8. The summed E-state index contributed by atoms with van der Waals surface area (Å²) in [5.74, 6) is -0.0463. The molecule has 1 aromatic carbocycles. The topological polar surface area (TPSA) is 131 Å². The van der Waals surface area contributed by atoms with Crippen LogP contribution in [0, 0.1) is 11.2 Å². The standard InChI is InChI=1S/C26H18FN7O3S2/c27-19-8-2-1-6-15(19)14-38-26-32-31-25(39-26)30-23(35)17-12-18-22(29-20-9-3-4-10-33(20)24(18)36)34(21(17)28)13-16-7-5-11-37-16/h1-12,28H,13-14H2,(H,30,31,35). The number of rotatable bonds is 7. The Balaban J connectivity index is 1.35. The third-order valence-electron chi connectivity index (χ3n) is 5.89. The van der Waals surface area contributed by atoms with Crippen molar-refractivity contribution in [3.05, 3.63) is 112 Å². The predicted molar refractivity (Wildman–Crippen MR) is 144 cm³/mol. The number of hydrogen-bond donors (Lipinski definition) is 2. The number of furan rings is 1. The first kappa shape index (κ1) is 24.7. The molecule has 0 aliphatic carbocycles. The van der Waals surface area contributed by atoms with E-state index in [0.717, 1.165) is 11.3 Å². The van der Waals surface area contributed by atoms with Crippen molar-refractivity contribution in [3.63, 3.8) is 0 Å². The highest BCUT2D eigenvalue weighted by Crippen LogP contribution is 2.29. The van der Waals surface area contributed by atoms with Gasteiger partial charge >= 0.3 is 0 Å². The second-order valence-electron chi connectivity index (χ2n) is 8.36. The average molecular weight is 560 g/mol. The molecule has 0 atom stereocenters. The van der Waals surface area contributed by atoms with E-state index in [1.54, 1.807) is 54.7 Å². The van der Waals surface area contributed by atoms with E-state index in [1.807, 2.05) is 0 Å². The van der Waals surface area contributed by atoms with Crippen LogP contribution >= 0.6 is 23.1 Å². The largest absolute Gasteiger partial charge is 0.467 e. The van der Waals surface area contributed by atoms with Crippen molar-refractivity contribution in [1.82, 2.24) is 24.1 Å². The van der Waals surface area contributed by atoms with Gasteiger partial charge in [-0.15, -0.1) is 10.2 Å². The van der Waals surface area contributed by atoms with Gasteiger partial charge < -0.3 is 8.98 Å². The first-order valence-electron chi connectivity index (χ1n) is 11.6. The number of thioether (sulfide) groups is 1. The van der Waals surface area contributed by atoms with Gasteiger partial charge in [-0.2, -0.15) is 0 Å². The number of amides is 1. The molecule has 39 heavy (non-hydrogen) atoms. The molecule has 1 amide bonds. The summed E-state index contributed by atoms with van der Waals surface area (Å²) in [5, 5.41) is 20.0. The Morgan fingerprint density at radius 1 is 1.13 bits per heavy atom. The molecule has 0 spiro atoms. The number of hydrogen-bond acceptors (Lipinski definition) is 9. The molecular formula is C26H18FN7O3S2. The van der Waals surface area contributed by atoms with Crippen molar-refractivity contribution in [2.24, 2.45) is 0 Å². The zero-order valence-electron chi connectivity index (χ0n) is 20.0. The molecule has 0 radical (unpaired) electrons. The summed E-state index contributed by atoms with van der Waals surface area (Å²) >= 11 is 2.42. The Kier molecular flexibility index (Phi) is 6.50. The molecule has 10 nitrogen and oxygen atoms in total. The first-order valence-corrected chi connectivity index (χ1v) is 13.4. The number of benzene rings is 1. The molecule has 0 fully saturated rings. The van der Waals surface area contributed by atoms with Gasteiger partial charge in [0.2, 0.25) is 5.13 Å². The third-order valence-corrected chi connectivity index (χ3v) is 7.91. The van der Waals surface area contributed by atoms with Crippen LogP contribution in [0.4, 0.5) is 9.52 Å². The highest BCUT2D eigenvalue weighted by molar-refractivity contribution is 8.00. The number of carbonyl (C=O) groups excluding carboxylic acids is 1. The second kappa shape index (κ2) is 10.3. The first-order chi connectivity index (χ1) is 19.0. The van der Waals surface area contributed by atoms with Gasteiger partial charge in [0.05, 0.1) is 23.8 Å². The lowest BCUT2D eigenvalue weighted by Gasteiger charge is -2.13. The third kappa shape index (κ3) is 4.84. The minimum absolute atomic E-state index is 0.0420. The van der Waals surface area contributed by atoms with Crippen molar-refractivity contribution in [2.75, 3.05) is 5.32 Å². The summed E-state index contributed by atoms with van der Waals surface area (Å²) in [7, 11) is 0. The average Bonchev–Trinajstić information content (AvgIpc) is 3.62. The van der Waals surface area contributed by atoms with Gasteiger partial charge in [-0.05, 0) is 42.0 Å². The lowest BCUT2D eigenvalue weighted by molar-refractivity contribution is 0.102. The fourth-order valence-electron chi connectivity index (χ4n) is 4.01. The van der Waals surface area contributed by atoms with Gasteiger partial charge in [0.1, 0.15) is 28.4 Å². The van der Waals surface area contributed by atoms with Crippen LogP contribution in [-0.2, 0) is 12.3 Å². The van der Waals surface area contributed by atoms with E-state index in [9.17, 15) is 14.0 Å². The molecule has 0 unspecified atom stereocenters. The highest BCUT2D eigenvalue weighted by Gasteiger charge is 2.20. The molecule has 6 rings (SSSR count). The Morgan fingerprint density at radius 2 is 1.97 bits per heavy atom. The van der Waals surface area contributed by atoms with E-state index >= 15 is 0 Å². The van der Waals surface area contributed by atoms with Crippen molar-refractivity contribution in [1.29, 1.82) is 5.41 Å². The second-order valence-corrected chi connectivity index (χ2v) is 10.6. The Morgan fingerprint density at radius 3 is 2.79 bits per heavy atom. The van der Waals surface area contributed by atoms with Crippen LogP contribution in [0.3, 0.4) is 0 Å². The van der Waals surface area contributed by atoms with Crippen LogP contribution < -0.4 is 16.4 Å². The van der Waals surface area contributed by atoms with Crippen LogP contribution in [0.5, 0.6) is 0 Å². The molecule has 0 saturated heterocycles. The number of aromatic nitrogens is 5. The molecule has 0 aliphatic heterocycles. The monoisotopic (exact) mass is 559 g/mol. The molecule has 0 aliphatic rings. The number of halogens is 1. The number of fused-ring (bicyclic) bond motifs is 2.